The second-order valence-electron chi connectivity index (χ2n) is 10.2. The highest BCUT2D eigenvalue weighted by Crippen LogP contribution is 2.45. The van der Waals surface area contributed by atoms with E-state index in [2.05, 4.69) is 39.8 Å². The van der Waals surface area contributed by atoms with Crippen LogP contribution in [0.15, 0.2) is 48.5 Å². The maximum Gasteiger partial charge on any atom is 0.249 e. The van der Waals surface area contributed by atoms with E-state index >= 15 is 0 Å². The molecule has 0 aliphatic heterocycles. The Kier molecular flexibility index (Phi) is 5.20. The molecule has 5 aromatic rings. The standard InChI is InChI=1S/C30H30N2O2/c1-15(2)13-23-24(14-16(3)4)28(30(32)34)22-10-5-7-17-19-11-12-20(29(31)33)18-8-6-9-21(25(18)19)27(23)26(17)22/h5-12,15-16H,13-14H2,1-4H3,(H2,31,33)(H2,32,34). The van der Waals surface area contributed by atoms with E-state index in [9.17, 15) is 9.59 Å². The van der Waals surface area contributed by atoms with Gasteiger partial charge in [0.15, 0.2) is 0 Å². The molecule has 0 saturated heterocycles. The zero-order valence-electron chi connectivity index (χ0n) is 20.2. The minimum atomic E-state index is -0.431. The number of benzene rings is 5. The Morgan fingerprint density at radius 1 is 0.618 bits per heavy atom. The third-order valence-corrected chi connectivity index (χ3v) is 6.89. The van der Waals surface area contributed by atoms with Crippen molar-refractivity contribution in [3.05, 3.63) is 70.8 Å². The van der Waals surface area contributed by atoms with Crippen LogP contribution in [0.25, 0.3) is 43.1 Å². The molecule has 0 unspecified atom stereocenters. The summed E-state index contributed by atoms with van der Waals surface area (Å²) >= 11 is 0. The monoisotopic (exact) mass is 450 g/mol. The summed E-state index contributed by atoms with van der Waals surface area (Å²) in [5.74, 6) is -0.0489. The van der Waals surface area contributed by atoms with E-state index in [1.54, 1.807) is 0 Å². The van der Waals surface area contributed by atoms with Gasteiger partial charge in [-0.2, -0.15) is 0 Å². The van der Waals surface area contributed by atoms with Gasteiger partial charge in [0.25, 0.3) is 0 Å². The molecule has 5 aromatic carbocycles. The number of hydrogen-bond donors (Lipinski definition) is 2. The lowest BCUT2D eigenvalue weighted by molar-refractivity contribution is 0.0992. The highest BCUT2D eigenvalue weighted by Gasteiger charge is 2.25. The van der Waals surface area contributed by atoms with E-state index in [4.69, 9.17) is 11.5 Å². The fraction of sp³-hybridized carbons (Fsp3) is 0.267. The molecule has 0 aliphatic rings. The van der Waals surface area contributed by atoms with Crippen LogP contribution < -0.4 is 11.5 Å². The van der Waals surface area contributed by atoms with Gasteiger partial charge in [-0.25, -0.2) is 0 Å². The summed E-state index contributed by atoms with van der Waals surface area (Å²) in [6.45, 7) is 8.75. The van der Waals surface area contributed by atoms with Gasteiger partial charge in [-0.3, -0.25) is 9.59 Å². The van der Waals surface area contributed by atoms with Gasteiger partial charge in [0, 0.05) is 5.56 Å². The molecule has 0 saturated carbocycles. The summed E-state index contributed by atoms with van der Waals surface area (Å²) in [6, 6.07) is 16.0. The van der Waals surface area contributed by atoms with Gasteiger partial charge in [0.1, 0.15) is 0 Å². The molecule has 5 rings (SSSR count). The normalized spacial score (nSPS) is 12.2. The lowest BCUT2D eigenvalue weighted by Crippen LogP contribution is -2.18. The van der Waals surface area contributed by atoms with Gasteiger partial charge in [0.05, 0.1) is 5.56 Å². The average molecular weight is 451 g/mol. The lowest BCUT2D eigenvalue weighted by Gasteiger charge is -2.25. The minimum absolute atomic E-state index is 0.366. The van der Waals surface area contributed by atoms with Crippen LogP contribution in [0.4, 0.5) is 0 Å². The SMILES string of the molecule is CC(C)Cc1c(C(N)=O)c2cccc3c4ccc(C(N)=O)c5cccc(c(c1CC(C)C)c23)c54. The summed E-state index contributed by atoms with van der Waals surface area (Å²) in [5.41, 5.74) is 15.2. The van der Waals surface area contributed by atoms with Crippen LogP contribution in [0.1, 0.15) is 59.5 Å². The van der Waals surface area contributed by atoms with E-state index in [0.29, 0.717) is 23.0 Å². The Balaban J connectivity index is 2.15. The summed E-state index contributed by atoms with van der Waals surface area (Å²) < 4.78 is 0. The quantitative estimate of drug-likeness (QED) is 0.234. The number of carbonyl (C=O) groups excluding carboxylic acids is 2. The number of fused-ring (bicyclic) bond motifs is 2. The molecule has 0 bridgehead atoms. The number of amides is 2. The van der Waals surface area contributed by atoms with Crippen molar-refractivity contribution in [1.29, 1.82) is 0 Å². The molecule has 4 nitrogen and oxygen atoms in total. The van der Waals surface area contributed by atoms with Crippen molar-refractivity contribution < 1.29 is 9.59 Å². The van der Waals surface area contributed by atoms with Crippen molar-refractivity contribution in [2.75, 3.05) is 0 Å². The second kappa shape index (κ2) is 7.98. The van der Waals surface area contributed by atoms with Crippen LogP contribution in [-0.4, -0.2) is 11.8 Å². The van der Waals surface area contributed by atoms with Crippen molar-refractivity contribution in [2.45, 2.75) is 40.5 Å². The molecule has 0 fully saturated rings. The number of carbonyl (C=O) groups is 2. The summed E-state index contributed by atoms with van der Waals surface area (Å²) in [7, 11) is 0. The van der Waals surface area contributed by atoms with E-state index < -0.39 is 5.91 Å². The van der Waals surface area contributed by atoms with Gasteiger partial charge < -0.3 is 11.5 Å². The van der Waals surface area contributed by atoms with E-state index in [-0.39, 0.29) is 5.91 Å². The number of hydrogen-bond acceptors (Lipinski definition) is 2. The number of nitrogens with two attached hydrogens (primary N) is 2. The summed E-state index contributed by atoms with van der Waals surface area (Å²) in [5, 5.41) is 8.27. The molecule has 4 N–H and O–H groups in total. The van der Waals surface area contributed by atoms with Gasteiger partial charge >= 0.3 is 0 Å². The number of rotatable bonds is 6. The van der Waals surface area contributed by atoms with E-state index in [1.807, 2.05) is 36.4 Å². The zero-order valence-corrected chi connectivity index (χ0v) is 20.2. The van der Waals surface area contributed by atoms with Crippen molar-refractivity contribution in [3.8, 4) is 0 Å². The van der Waals surface area contributed by atoms with Crippen LogP contribution in [-0.2, 0) is 12.8 Å². The van der Waals surface area contributed by atoms with Crippen molar-refractivity contribution in [2.24, 2.45) is 23.3 Å². The molecule has 0 aromatic heterocycles. The van der Waals surface area contributed by atoms with Crippen LogP contribution in [0.2, 0.25) is 0 Å². The molecule has 4 heteroatoms. The van der Waals surface area contributed by atoms with Gasteiger partial charge in [-0.15, -0.1) is 0 Å². The minimum Gasteiger partial charge on any atom is -0.366 e. The Morgan fingerprint density at radius 3 is 1.79 bits per heavy atom. The Labute approximate surface area is 199 Å². The maximum atomic E-state index is 12.9. The lowest BCUT2D eigenvalue weighted by atomic mass is 9.79. The van der Waals surface area contributed by atoms with Crippen molar-refractivity contribution in [3.63, 3.8) is 0 Å². The second-order valence-corrected chi connectivity index (χ2v) is 10.2. The van der Waals surface area contributed by atoms with Crippen LogP contribution in [0.5, 0.6) is 0 Å². The summed E-state index contributed by atoms with van der Waals surface area (Å²) in [6.07, 6.45) is 1.61. The van der Waals surface area contributed by atoms with E-state index in [1.165, 1.54) is 10.9 Å². The molecule has 34 heavy (non-hydrogen) atoms. The zero-order chi connectivity index (χ0) is 24.3. The largest absolute Gasteiger partial charge is 0.366 e. The molecule has 172 valence electrons. The number of primary amides is 2. The van der Waals surface area contributed by atoms with Crippen molar-refractivity contribution >= 4 is 54.9 Å². The Hall–Kier alpha value is -3.66. The summed E-state index contributed by atoms with van der Waals surface area (Å²) in [4.78, 5) is 25.2. The van der Waals surface area contributed by atoms with Crippen LogP contribution in [0, 0.1) is 11.8 Å². The molecular formula is C30H30N2O2. The van der Waals surface area contributed by atoms with Crippen LogP contribution >= 0.6 is 0 Å². The third kappa shape index (κ3) is 3.20. The first-order chi connectivity index (χ1) is 16.2. The van der Waals surface area contributed by atoms with Crippen molar-refractivity contribution in [1.82, 2.24) is 0 Å². The first kappa shape index (κ1) is 22.1. The fourth-order valence-electron chi connectivity index (χ4n) is 5.77. The Morgan fingerprint density at radius 2 is 1.18 bits per heavy atom. The van der Waals surface area contributed by atoms with Gasteiger partial charge in [-0.05, 0) is 85.0 Å². The van der Waals surface area contributed by atoms with E-state index in [0.717, 1.165) is 56.1 Å². The third-order valence-electron chi connectivity index (χ3n) is 6.89. The smallest absolute Gasteiger partial charge is 0.249 e. The molecule has 0 atom stereocenters. The average Bonchev–Trinajstić information content (AvgIpc) is 2.77. The molecular weight excluding hydrogens is 420 g/mol. The highest BCUT2D eigenvalue weighted by molar-refractivity contribution is 6.36. The molecule has 2 amide bonds. The predicted octanol–water partition coefficient (Wildman–Crippen LogP) is 6.33. The fourth-order valence-corrected chi connectivity index (χ4v) is 5.77. The molecule has 0 spiro atoms. The maximum absolute atomic E-state index is 12.9. The molecule has 0 aliphatic carbocycles. The molecule has 0 heterocycles. The highest BCUT2D eigenvalue weighted by atomic mass is 16.1. The van der Waals surface area contributed by atoms with Crippen LogP contribution in [0.3, 0.4) is 0 Å². The first-order valence-corrected chi connectivity index (χ1v) is 12.0. The van der Waals surface area contributed by atoms with Gasteiger partial charge in [0.2, 0.25) is 11.8 Å². The Bertz CT molecular complexity index is 1610. The first-order valence-electron chi connectivity index (χ1n) is 12.0. The topological polar surface area (TPSA) is 86.2 Å². The van der Waals surface area contributed by atoms with Gasteiger partial charge in [-0.1, -0.05) is 70.2 Å². The molecule has 0 radical (unpaired) electrons. The predicted molar refractivity (Wildman–Crippen MR) is 142 cm³/mol.